The Bertz CT molecular complexity index is 1650. The summed E-state index contributed by atoms with van der Waals surface area (Å²) in [7, 11) is -6.41. The molecular weight excluding hydrogens is 705 g/mol. The van der Waals surface area contributed by atoms with Crippen LogP contribution in [0.1, 0.15) is 0 Å². The minimum Gasteiger partial charge on any atom is -0.744 e. The third-order valence-corrected chi connectivity index (χ3v) is 8.57. The van der Waals surface area contributed by atoms with Crippen molar-refractivity contribution in [2.45, 2.75) is 14.7 Å². The molecule has 1 N–H and O–H groups in total. The summed E-state index contributed by atoms with van der Waals surface area (Å²) in [5.41, 5.74) is -0.325. The number of nitrogens with zero attached hydrogens (tertiary/aromatic N) is 2. The second kappa shape index (κ2) is 20.5. The molecule has 17 nitrogen and oxygen atoms in total. The Hall–Kier alpha value is 0.200. The normalized spacial score (nSPS) is 11.5. The van der Waals surface area contributed by atoms with Crippen LogP contribution in [-0.4, -0.2) is 53.1 Å². The molecule has 0 bridgehead atoms. The van der Waals surface area contributed by atoms with Crippen molar-refractivity contribution < 1.29 is 158 Å². The molecule has 0 aliphatic heterocycles. The van der Waals surface area contributed by atoms with Gasteiger partial charge in [0.1, 0.15) is 37.9 Å². The number of benzene rings is 3. The van der Waals surface area contributed by atoms with E-state index in [9.17, 15) is 37.0 Å². The Morgan fingerprint density at radius 1 is 0.886 bits per heavy atom. The molecule has 0 aromatic heterocycles. The Labute approximate surface area is 325 Å². The first-order valence-corrected chi connectivity index (χ1v) is 15.0. The molecule has 0 spiro atoms. The molecule has 0 fully saturated rings. The molecule has 0 heterocycles. The fourth-order valence-corrected chi connectivity index (χ4v) is 5.87. The molecule has 0 saturated carbocycles. The van der Waals surface area contributed by atoms with E-state index in [1.54, 1.807) is 0 Å². The van der Waals surface area contributed by atoms with Crippen molar-refractivity contribution >= 4 is 66.5 Å². The predicted octanol–water partition coefficient (Wildman–Crippen LogP) is -7.30. The Balaban J connectivity index is 0.00000616. The van der Waals surface area contributed by atoms with Crippen LogP contribution in [0.15, 0.2) is 61.3 Å². The van der Waals surface area contributed by atoms with Crippen LogP contribution in [0.2, 0.25) is 0 Å². The first-order valence-electron chi connectivity index (χ1n) is 10.5. The molecule has 3 aromatic carbocycles. The average Bonchev–Trinajstić information content (AvgIpc) is 2.94. The maximum absolute atomic E-state index is 12.8. The summed E-state index contributed by atoms with van der Waals surface area (Å²) in [6, 6.07) is 6.70. The standard InChI is InChI=1S/C20H20N2O15S4.3Na/c1-31-15-10-18(40(26,27)6-5-33-39-37-35-25)16(32-2)9-14(15)21-22-19-17(38-36-34-24)8-11-7-12(41(28,29)30)3-4-13(11)20(19)23;;;/h3-4,7-10,23-25H,5-6H2,1-2H3,(H,28,29,30);;;/q;3*+1/p-3. The second-order valence-electron chi connectivity index (χ2n) is 7.35. The number of hydrogen-bond acceptors (Lipinski definition) is 19. The minimum absolute atomic E-state index is 0. The van der Waals surface area contributed by atoms with E-state index < -0.39 is 36.4 Å². The maximum Gasteiger partial charge on any atom is 1.00 e. The predicted molar refractivity (Wildman–Crippen MR) is 133 cm³/mol. The first kappa shape index (κ1) is 44.2. The number of methoxy groups -OCH3 is 2. The molecule has 0 radical (unpaired) electrons. The van der Waals surface area contributed by atoms with Gasteiger partial charge in [0.2, 0.25) is 0 Å². The van der Waals surface area contributed by atoms with Crippen molar-refractivity contribution in [1.29, 1.82) is 0 Å². The summed E-state index contributed by atoms with van der Waals surface area (Å²) in [6.45, 7) is -0.387. The van der Waals surface area contributed by atoms with Crippen molar-refractivity contribution in [2.75, 3.05) is 26.6 Å². The zero-order valence-corrected chi connectivity index (χ0v) is 32.8. The first-order chi connectivity index (χ1) is 19.5. The Kier molecular flexibility index (Phi) is 20.6. The number of ether oxygens (including phenoxy) is 2. The maximum atomic E-state index is 12.8. The summed E-state index contributed by atoms with van der Waals surface area (Å²) in [4.78, 5) is -0.942. The van der Waals surface area contributed by atoms with Gasteiger partial charge in [0, 0.05) is 17.5 Å². The number of hydrogen-bond donors (Lipinski definition) is 1. The average molecular weight is 723 g/mol. The zero-order chi connectivity index (χ0) is 30.2. The number of sulfone groups is 1. The number of phenols is 1. The summed E-state index contributed by atoms with van der Waals surface area (Å²) in [5.74, 6) is -1.32. The molecule has 0 atom stereocenters. The Morgan fingerprint density at radius 2 is 1.55 bits per heavy atom. The van der Waals surface area contributed by atoms with Crippen molar-refractivity contribution in [3.05, 3.63) is 36.4 Å². The van der Waals surface area contributed by atoms with E-state index in [1.165, 1.54) is 32.4 Å². The molecule has 0 aliphatic rings. The Morgan fingerprint density at radius 3 is 2.14 bits per heavy atom. The van der Waals surface area contributed by atoms with Crippen LogP contribution < -0.4 is 109 Å². The van der Waals surface area contributed by atoms with E-state index in [0.29, 0.717) is 12.0 Å². The van der Waals surface area contributed by atoms with Gasteiger partial charge in [-0.05, 0) is 29.7 Å². The molecule has 0 saturated heterocycles. The topological polar surface area (TPSA) is 247 Å². The summed E-state index contributed by atoms with van der Waals surface area (Å²) in [6.07, 6.45) is 0. The molecule has 3 aromatic rings. The van der Waals surface area contributed by atoms with Crippen LogP contribution in [0.5, 0.6) is 17.2 Å². The monoisotopic (exact) mass is 722 g/mol. The fourth-order valence-electron chi connectivity index (χ4n) is 3.29. The van der Waals surface area contributed by atoms with E-state index in [4.69, 9.17) is 13.7 Å². The van der Waals surface area contributed by atoms with Crippen molar-refractivity contribution in [1.82, 2.24) is 0 Å². The third kappa shape index (κ3) is 11.7. The van der Waals surface area contributed by atoms with Gasteiger partial charge in [-0.25, -0.2) is 16.8 Å². The summed E-state index contributed by atoms with van der Waals surface area (Å²) in [5, 5.41) is 45.6. The smallest absolute Gasteiger partial charge is 0.744 e. The van der Waals surface area contributed by atoms with Gasteiger partial charge in [0.15, 0.2) is 27.9 Å². The molecule has 0 amide bonds. The van der Waals surface area contributed by atoms with E-state index in [0.717, 1.165) is 18.2 Å². The zero-order valence-electron chi connectivity index (χ0n) is 23.6. The number of fused-ring (bicyclic) bond motifs is 1. The SMILES string of the molecule is COc1cc(S(=O)(=O)CCOSOO[O-])c(OC)cc1N=Nc1c(SOO[O-])cc2cc(S(=O)(=O)[O-])ccc2c1O.[Na+].[Na+].[Na+]. The van der Waals surface area contributed by atoms with Gasteiger partial charge in [-0.3, -0.25) is 14.3 Å². The van der Waals surface area contributed by atoms with Crippen LogP contribution in [0.4, 0.5) is 11.4 Å². The molecule has 224 valence electrons. The van der Waals surface area contributed by atoms with Gasteiger partial charge in [-0.1, -0.05) is 0 Å². The largest absolute Gasteiger partial charge is 1.00 e. The molecule has 3 rings (SSSR count). The summed E-state index contributed by atoms with van der Waals surface area (Å²) >= 11 is 0.445. The van der Waals surface area contributed by atoms with Crippen LogP contribution in [0, 0.1) is 0 Å². The van der Waals surface area contributed by atoms with Crippen LogP contribution in [0.3, 0.4) is 0 Å². The van der Waals surface area contributed by atoms with Crippen LogP contribution in [-0.2, 0) is 42.9 Å². The van der Waals surface area contributed by atoms with E-state index >= 15 is 0 Å². The molecule has 44 heavy (non-hydrogen) atoms. The number of aromatic hydroxyl groups is 1. The van der Waals surface area contributed by atoms with Crippen LogP contribution in [0.25, 0.3) is 10.8 Å². The number of azo groups is 1. The number of rotatable bonds is 15. The summed E-state index contributed by atoms with van der Waals surface area (Å²) < 4.78 is 83.3. The van der Waals surface area contributed by atoms with E-state index in [1.807, 2.05) is 0 Å². The molecular formula is C20H17N2Na3O15S4. The van der Waals surface area contributed by atoms with Crippen molar-refractivity contribution in [3.63, 3.8) is 0 Å². The number of phenolic OH excluding ortho intramolecular Hbond substituents is 1. The van der Waals surface area contributed by atoms with Gasteiger partial charge < -0.3 is 29.6 Å². The van der Waals surface area contributed by atoms with E-state index in [2.05, 4.69) is 29.0 Å². The third-order valence-electron chi connectivity index (χ3n) is 5.06. The van der Waals surface area contributed by atoms with Crippen molar-refractivity contribution in [3.8, 4) is 17.2 Å². The van der Waals surface area contributed by atoms with Gasteiger partial charge in [-0.2, -0.15) is 4.33 Å². The second-order valence-corrected chi connectivity index (χ2v) is 12.1. The minimum atomic E-state index is -4.82. The van der Waals surface area contributed by atoms with Gasteiger partial charge in [0.05, 0.1) is 48.4 Å². The van der Waals surface area contributed by atoms with Gasteiger partial charge >= 0.3 is 88.7 Å². The molecule has 0 unspecified atom stereocenters. The molecule has 24 heteroatoms. The molecule has 0 aliphatic carbocycles. The fraction of sp³-hybridized carbons (Fsp3) is 0.200. The van der Waals surface area contributed by atoms with Crippen LogP contribution >= 0.6 is 24.4 Å². The van der Waals surface area contributed by atoms with Gasteiger partial charge in [-0.15, -0.1) is 14.6 Å². The van der Waals surface area contributed by atoms with E-state index in [-0.39, 0.29) is 151 Å². The van der Waals surface area contributed by atoms with Crippen molar-refractivity contribution in [2.24, 2.45) is 10.2 Å². The quantitative estimate of drug-likeness (QED) is 0.0291. The van der Waals surface area contributed by atoms with Gasteiger partial charge in [0.25, 0.3) is 0 Å².